The van der Waals surface area contributed by atoms with E-state index in [0.29, 0.717) is 11.1 Å². The van der Waals surface area contributed by atoms with Crippen molar-refractivity contribution in [1.82, 2.24) is 0 Å². The van der Waals surface area contributed by atoms with E-state index in [-0.39, 0.29) is 36.8 Å². The van der Waals surface area contributed by atoms with E-state index in [2.05, 4.69) is 9.98 Å². The Hall–Kier alpha value is -2.50. The smallest absolute Gasteiger partial charge is 0.334 e. The highest BCUT2D eigenvalue weighted by atomic mass is 16.6. The first-order chi connectivity index (χ1) is 8.72. The molecule has 0 N–H and O–H groups in total. The number of carbonyl (C=O) groups excluding carboxylic acids is 2. The first-order valence-corrected chi connectivity index (χ1v) is 5.33. The predicted molar refractivity (Wildman–Crippen MR) is 61.4 cm³/mol. The molecule has 2 aliphatic heterocycles. The van der Waals surface area contributed by atoms with E-state index < -0.39 is 0 Å². The molecule has 0 aliphatic carbocycles. The summed E-state index contributed by atoms with van der Waals surface area (Å²) in [5.41, 5.74) is 1.31. The van der Waals surface area contributed by atoms with Crippen LogP contribution in [0.4, 0.5) is 0 Å². The highest BCUT2D eigenvalue weighted by Gasteiger charge is 2.21. The number of cyclic esters (lactones) is 2. The van der Waals surface area contributed by atoms with Crippen LogP contribution in [0.3, 0.4) is 0 Å². The minimum Gasteiger partial charge on any atom is -0.406 e. The summed E-state index contributed by atoms with van der Waals surface area (Å²) in [5, 5.41) is 0. The number of ether oxygens (including phenoxy) is 2. The average molecular weight is 244 g/mol. The normalized spacial score (nSPS) is 18.2. The van der Waals surface area contributed by atoms with Gasteiger partial charge in [0.2, 0.25) is 11.8 Å². The van der Waals surface area contributed by atoms with Gasteiger partial charge >= 0.3 is 11.9 Å². The van der Waals surface area contributed by atoms with Crippen LogP contribution < -0.4 is 0 Å². The minimum absolute atomic E-state index is 0.0372. The summed E-state index contributed by atoms with van der Waals surface area (Å²) in [5.74, 6) is -0.182. The number of benzene rings is 1. The molecule has 1 aromatic rings. The third-order valence-electron chi connectivity index (χ3n) is 2.48. The molecule has 90 valence electrons. The molecule has 6 nitrogen and oxygen atoms in total. The Kier molecular flexibility index (Phi) is 2.40. The molecule has 6 heteroatoms. The second kappa shape index (κ2) is 4.06. The van der Waals surface area contributed by atoms with E-state index in [1.165, 1.54) is 0 Å². The van der Waals surface area contributed by atoms with Crippen molar-refractivity contribution in [1.29, 1.82) is 0 Å². The summed E-state index contributed by atoms with van der Waals surface area (Å²) in [6.45, 7) is 0.0744. The van der Waals surface area contributed by atoms with Crippen molar-refractivity contribution in [3.63, 3.8) is 0 Å². The molecule has 0 saturated carbocycles. The Morgan fingerprint density at radius 3 is 1.78 bits per heavy atom. The molecule has 2 aliphatic rings. The van der Waals surface area contributed by atoms with Gasteiger partial charge in [0.05, 0.1) is 0 Å². The number of aliphatic imine (C=N–C) groups is 2. The van der Waals surface area contributed by atoms with Gasteiger partial charge in [0.1, 0.15) is 13.1 Å². The summed E-state index contributed by atoms with van der Waals surface area (Å²) in [7, 11) is 0. The largest absolute Gasteiger partial charge is 0.406 e. The van der Waals surface area contributed by atoms with E-state index in [1.807, 2.05) is 0 Å². The Morgan fingerprint density at radius 1 is 0.889 bits per heavy atom. The molecule has 0 saturated heterocycles. The summed E-state index contributed by atoms with van der Waals surface area (Å²) in [4.78, 5) is 29.9. The molecule has 0 atom stereocenters. The van der Waals surface area contributed by atoms with E-state index in [0.717, 1.165) is 0 Å². The lowest BCUT2D eigenvalue weighted by Crippen LogP contribution is -2.09. The maximum absolute atomic E-state index is 11.0. The van der Waals surface area contributed by atoms with Gasteiger partial charge in [0.15, 0.2) is 0 Å². The van der Waals surface area contributed by atoms with Gasteiger partial charge in [-0.1, -0.05) is 6.07 Å². The van der Waals surface area contributed by atoms with Crippen LogP contribution in [0, 0.1) is 0 Å². The molecular formula is C12H8N2O4. The van der Waals surface area contributed by atoms with Crippen molar-refractivity contribution < 1.29 is 19.1 Å². The zero-order valence-corrected chi connectivity index (χ0v) is 9.25. The lowest BCUT2D eigenvalue weighted by atomic mass is 10.1. The Morgan fingerprint density at radius 2 is 1.39 bits per heavy atom. The lowest BCUT2D eigenvalue weighted by Gasteiger charge is -2.03. The third-order valence-corrected chi connectivity index (χ3v) is 2.48. The summed E-state index contributed by atoms with van der Waals surface area (Å²) in [6, 6.07) is 7.00. The first-order valence-electron chi connectivity index (χ1n) is 5.33. The molecule has 0 amide bonds. The van der Waals surface area contributed by atoms with Crippen molar-refractivity contribution in [2.75, 3.05) is 13.1 Å². The van der Waals surface area contributed by atoms with Crippen LogP contribution in [-0.2, 0) is 19.1 Å². The summed E-state index contributed by atoms with van der Waals surface area (Å²) >= 11 is 0. The van der Waals surface area contributed by atoms with Crippen molar-refractivity contribution in [3.05, 3.63) is 35.4 Å². The maximum Gasteiger partial charge on any atom is 0.334 e. The number of rotatable bonds is 2. The standard InChI is InChI=1S/C12H8N2O4/c15-9-5-13-11(17-9)7-2-1-3-8(4-7)12-14-6-10(16)18-12/h1-4H,5-6H2. The van der Waals surface area contributed by atoms with Gasteiger partial charge in [0, 0.05) is 11.1 Å². The second-order valence-corrected chi connectivity index (χ2v) is 3.77. The number of nitrogens with zero attached hydrogens (tertiary/aromatic N) is 2. The van der Waals surface area contributed by atoms with Gasteiger partial charge in [0.25, 0.3) is 0 Å². The zero-order chi connectivity index (χ0) is 12.5. The molecule has 0 radical (unpaired) electrons. The molecule has 0 bridgehead atoms. The van der Waals surface area contributed by atoms with Crippen molar-refractivity contribution in [2.24, 2.45) is 9.98 Å². The monoisotopic (exact) mass is 244 g/mol. The van der Waals surface area contributed by atoms with E-state index >= 15 is 0 Å². The third kappa shape index (κ3) is 1.88. The number of hydrogen-bond donors (Lipinski definition) is 0. The van der Waals surface area contributed by atoms with E-state index in [9.17, 15) is 9.59 Å². The first kappa shape index (κ1) is 10.6. The van der Waals surface area contributed by atoms with Crippen molar-refractivity contribution in [3.8, 4) is 0 Å². The predicted octanol–water partition coefficient (Wildman–Crippen LogP) is 0.293. The minimum atomic E-state index is -0.375. The molecule has 0 aromatic heterocycles. The SMILES string of the molecule is O=C1CN=C(c2cccc(C3=NCC(=O)O3)c2)O1. The number of esters is 2. The quantitative estimate of drug-likeness (QED) is 0.701. The van der Waals surface area contributed by atoms with Gasteiger partial charge in [-0.05, 0) is 18.2 Å². The Balaban J connectivity index is 1.90. The fraction of sp³-hybridized carbons (Fsp3) is 0.167. The molecular weight excluding hydrogens is 236 g/mol. The molecule has 1 aromatic carbocycles. The van der Waals surface area contributed by atoms with Gasteiger partial charge in [-0.15, -0.1) is 0 Å². The maximum atomic E-state index is 11.0. The lowest BCUT2D eigenvalue weighted by molar-refractivity contribution is -0.133. The van der Waals surface area contributed by atoms with Crippen LogP contribution in [0.2, 0.25) is 0 Å². The summed E-state index contributed by atoms with van der Waals surface area (Å²) in [6.07, 6.45) is 0. The van der Waals surface area contributed by atoms with Gasteiger partial charge < -0.3 is 9.47 Å². The molecule has 0 unspecified atom stereocenters. The fourth-order valence-corrected chi connectivity index (χ4v) is 1.70. The van der Waals surface area contributed by atoms with Crippen LogP contribution in [-0.4, -0.2) is 36.8 Å². The number of hydrogen-bond acceptors (Lipinski definition) is 6. The molecule has 2 heterocycles. The van der Waals surface area contributed by atoms with Crippen molar-refractivity contribution >= 4 is 23.7 Å². The highest BCUT2D eigenvalue weighted by molar-refractivity contribution is 6.08. The van der Waals surface area contributed by atoms with Crippen LogP contribution >= 0.6 is 0 Å². The Labute approximate surface area is 102 Å². The fourth-order valence-electron chi connectivity index (χ4n) is 1.70. The van der Waals surface area contributed by atoms with Gasteiger partial charge in [-0.25, -0.2) is 19.6 Å². The van der Waals surface area contributed by atoms with Gasteiger partial charge in [-0.3, -0.25) is 0 Å². The molecule has 3 rings (SSSR count). The molecule has 18 heavy (non-hydrogen) atoms. The van der Waals surface area contributed by atoms with Gasteiger partial charge in [-0.2, -0.15) is 0 Å². The van der Waals surface area contributed by atoms with E-state index in [4.69, 9.17) is 9.47 Å². The van der Waals surface area contributed by atoms with E-state index in [1.54, 1.807) is 24.3 Å². The van der Waals surface area contributed by atoms with Crippen molar-refractivity contribution in [2.45, 2.75) is 0 Å². The van der Waals surface area contributed by atoms with Crippen LogP contribution in [0.15, 0.2) is 34.3 Å². The number of carbonyl (C=O) groups is 2. The second-order valence-electron chi connectivity index (χ2n) is 3.77. The highest BCUT2D eigenvalue weighted by Crippen LogP contribution is 2.14. The van der Waals surface area contributed by atoms with Crippen LogP contribution in [0.5, 0.6) is 0 Å². The van der Waals surface area contributed by atoms with Crippen LogP contribution in [0.1, 0.15) is 11.1 Å². The molecule has 0 fully saturated rings. The zero-order valence-electron chi connectivity index (χ0n) is 9.25. The Bertz CT molecular complexity index is 555. The average Bonchev–Trinajstić information content (AvgIpc) is 2.98. The summed E-state index contributed by atoms with van der Waals surface area (Å²) < 4.78 is 9.90. The molecule has 0 spiro atoms. The topological polar surface area (TPSA) is 77.3 Å². The van der Waals surface area contributed by atoms with Crippen LogP contribution in [0.25, 0.3) is 0 Å².